The van der Waals surface area contributed by atoms with Gasteiger partial charge in [-0.15, -0.1) is 0 Å². The minimum Gasteiger partial charge on any atom is -0.367 e. The van der Waals surface area contributed by atoms with E-state index in [0.717, 1.165) is 49.7 Å². The molecule has 1 aromatic carbocycles. The van der Waals surface area contributed by atoms with Crippen LogP contribution in [0.1, 0.15) is 18.4 Å². The van der Waals surface area contributed by atoms with Crippen molar-refractivity contribution in [3.63, 3.8) is 0 Å². The standard InChI is InChI=1S/C17H21N5O/c1-13-3-2-4-15(9-13)21-17-10-16(18-11-19-17)20-14-5-7-22(12-23)8-6-14/h2-4,9-12,14H,5-8H2,1H3,(H2,18,19,20,21). The molecular formula is C17H21N5O. The lowest BCUT2D eigenvalue weighted by atomic mass is 10.1. The second kappa shape index (κ2) is 7.09. The molecule has 120 valence electrons. The average Bonchev–Trinajstić information content (AvgIpc) is 2.56. The summed E-state index contributed by atoms with van der Waals surface area (Å²) < 4.78 is 0. The van der Waals surface area contributed by atoms with E-state index in [1.807, 2.05) is 23.1 Å². The van der Waals surface area contributed by atoms with Gasteiger partial charge < -0.3 is 15.5 Å². The molecule has 1 amide bonds. The van der Waals surface area contributed by atoms with E-state index in [1.165, 1.54) is 5.56 Å². The summed E-state index contributed by atoms with van der Waals surface area (Å²) in [5, 5.41) is 6.72. The van der Waals surface area contributed by atoms with Crippen LogP contribution in [0.5, 0.6) is 0 Å². The highest BCUT2D eigenvalue weighted by molar-refractivity contribution is 5.59. The number of aryl methyl sites for hydroxylation is 1. The molecule has 0 spiro atoms. The molecule has 0 saturated carbocycles. The van der Waals surface area contributed by atoms with Crippen LogP contribution in [0.15, 0.2) is 36.7 Å². The van der Waals surface area contributed by atoms with Gasteiger partial charge >= 0.3 is 0 Å². The summed E-state index contributed by atoms with van der Waals surface area (Å²) in [5.41, 5.74) is 2.21. The fourth-order valence-corrected chi connectivity index (χ4v) is 2.73. The highest BCUT2D eigenvalue weighted by Crippen LogP contribution is 2.19. The SMILES string of the molecule is Cc1cccc(Nc2cc(NC3CCN(C=O)CC3)ncn2)c1. The quantitative estimate of drug-likeness (QED) is 0.831. The molecule has 23 heavy (non-hydrogen) atoms. The Balaban J connectivity index is 1.62. The lowest BCUT2D eigenvalue weighted by Crippen LogP contribution is -2.38. The van der Waals surface area contributed by atoms with E-state index in [0.29, 0.717) is 6.04 Å². The average molecular weight is 311 g/mol. The van der Waals surface area contributed by atoms with Gasteiger partial charge in [0.2, 0.25) is 6.41 Å². The largest absolute Gasteiger partial charge is 0.367 e. The minimum absolute atomic E-state index is 0.341. The maximum absolute atomic E-state index is 10.7. The Kier molecular flexibility index (Phi) is 4.71. The van der Waals surface area contributed by atoms with Crippen molar-refractivity contribution in [1.29, 1.82) is 0 Å². The van der Waals surface area contributed by atoms with Crippen molar-refractivity contribution >= 4 is 23.7 Å². The first-order valence-electron chi connectivity index (χ1n) is 7.84. The Morgan fingerprint density at radius 1 is 1.17 bits per heavy atom. The summed E-state index contributed by atoms with van der Waals surface area (Å²) in [6.45, 7) is 3.64. The van der Waals surface area contributed by atoms with Gasteiger partial charge in [0.25, 0.3) is 0 Å². The highest BCUT2D eigenvalue weighted by atomic mass is 16.1. The number of hydrogen-bond acceptors (Lipinski definition) is 5. The Morgan fingerprint density at radius 3 is 2.70 bits per heavy atom. The second-order valence-corrected chi connectivity index (χ2v) is 5.84. The smallest absolute Gasteiger partial charge is 0.209 e. The van der Waals surface area contributed by atoms with Crippen LogP contribution < -0.4 is 10.6 Å². The molecule has 6 heteroatoms. The van der Waals surface area contributed by atoms with E-state index in [9.17, 15) is 4.79 Å². The fourth-order valence-electron chi connectivity index (χ4n) is 2.73. The van der Waals surface area contributed by atoms with Crippen molar-refractivity contribution in [3.05, 3.63) is 42.2 Å². The van der Waals surface area contributed by atoms with E-state index in [4.69, 9.17) is 0 Å². The zero-order valence-electron chi connectivity index (χ0n) is 13.2. The molecule has 1 fully saturated rings. The van der Waals surface area contributed by atoms with Crippen LogP contribution in [0.2, 0.25) is 0 Å². The summed E-state index contributed by atoms with van der Waals surface area (Å²) in [6, 6.07) is 10.4. The third kappa shape index (κ3) is 4.18. The number of benzene rings is 1. The fraction of sp³-hybridized carbons (Fsp3) is 0.353. The summed E-state index contributed by atoms with van der Waals surface area (Å²) >= 11 is 0. The van der Waals surface area contributed by atoms with Crippen molar-refractivity contribution in [3.8, 4) is 0 Å². The monoisotopic (exact) mass is 311 g/mol. The number of amides is 1. The van der Waals surface area contributed by atoms with Crippen LogP contribution >= 0.6 is 0 Å². The van der Waals surface area contributed by atoms with Crippen LogP contribution in [0.25, 0.3) is 0 Å². The van der Waals surface area contributed by atoms with Gasteiger partial charge in [-0.3, -0.25) is 4.79 Å². The predicted octanol–water partition coefficient (Wildman–Crippen LogP) is 2.56. The Morgan fingerprint density at radius 2 is 1.96 bits per heavy atom. The molecule has 1 aromatic heterocycles. The zero-order valence-corrected chi connectivity index (χ0v) is 13.2. The molecule has 2 N–H and O–H groups in total. The first kappa shape index (κ1) is 15.3. The zero-order chi connectivity index (χ0) is 16.1. The number of hydrogen-bond donors (Lipinski definition) is 2. The van der Waals surface area contributed by atoms with Gasteiger partial charge in [0, 0.05) is 30.9 Å². The van der Waals surface area contributed by atoms with Crippen LogP contribution in [0.3, 0.4) is 0 Å². The molecule has 0 bridgehead atoms. The third-order valence-electron chi connectivity index (χ3n) is 3.99. The molecule has 0 unspecified atom stereocenters. The Labute approximate surface area is 135 Å². The van der Waals surface area contributed by atoms with Crippen molar-refractivity contribution in [2.75, 3.05) is 23.7 Å². The van der Waals surface area contributed by atoms with Crippen molar-refractivity contribution < 1.29 is 4.79 Å². The van der Waals surface area contributed by atoms with Crippen molar-refractivity contribution in [2.45, 2.75) is 25.8 Å². The topological polar surface area (TPSA) is 70.2 Å². The molecule has 2 heterocycles. The molecule has 6 nitrogen and oxygen atoms in total. The molecule has 0 radical (unpaired) electrons. The van der Waals surface area contributed by atoms with Crippen molar-refractivity contribution in [1.82, 2.24) is 14.9 Å². The van der Waals surface area contributed by atoms with Gasteiger partial charge in [0.1, 0.15) is 18.0 Å². The van der Waals surface area contributed by atoms with Gasteiger partial charge in [-0.05, 0) is 37.5 Å². The number of likely N-dealkylation sites (tertiary alicyclic amines) is 1. The number of carbonyl (C=O) groups is 1. The highest BCUT2D eigenvalue weighted by Gasteiger charge is 2.18. The molecule has 1 aliphatic rings. The Hall–Kier alpha value is -2.63. The van der Waals surface area contributed by atoms with Gasteiger partial charge in [0.05, 0.1) is 0 Å². The number of piperidine rings is 1. The van der Waals surface area contributed by atoms with E-state index >= 15 is 0 Å². The van der Waals surface area contributed by atoms with Crippen LogP contribution in [-0.2, 0) is 4.79 Å². The minimum atomic E-state index is 0.341. The molecule has 2 aromatic rings. The van der Waals surface area contributed by atoms with Crippen molar-refractivity contribution in [2.24, 2.45) is 0 Å². The lowest BCUT2D eigenvalue weighted by molar-refractivity contribution is -0.118. The lowest BCUT2D eigenvalue weighted by Gasteiger charge is -2.30. The number of anilines is 3. The van der Waals surface area contributed by atoms with Crippen LogP contribution in [0.4, 0.5) is 17.3 Å². The normalized spacial score (nSPS) is 15.3. The molecule has 1 aliphatic heterocycles. The van der Waals surface area contributed by atoms with Gasteiger partial charge in [-0.2, -0.15) is 0 Å². The molecule has 0 atom stereocenters. The van der Waals surface area contributed by atoms with Crippen LogP contribution in [-0.4, -0.2) is 40.4 Å². The van der Waals surface area contributed by atoms with Gasteiger partial charge in [-0.1, -0.05) is 12.1 Å². The maximum Gasteiger partial charge on any atom is 0.209 e. The molecular weight excluding hydrogens is 290 g/mol. The molecule has 1 saturated heterocycles. The van der Waals surface area contributed by atoms with Gasteiger partial charge in [0.15, 0.2) is 0 Å². The summed E-state index contributed by atoms with van der Waals surface area (Å²) in [5.74, 6) is 1.57. The van der Waals surface area contributed by atoms with E-state index in [2.05, 4.69) is 39.7 Å². The summed E-state index contributed by atoms with van der Waals surface area (Å²) in [6.07, 6.45) is 4.35. The number of nitrogens with zero attached hydrogens (tertiary/aromatic N) is 3. The van der Waals surface area contributed by atoms with Gasteiger partial charge in [-0.25, -0.2) is 9.97 Å². The maximum atomic E-state index is 10.7. The number of rotatable bonds is 5. The van der Waals surface area contributed by atoms with Crippen LogP contribution in [0, 0.1) is 6.92 Å². The molecule has 3 rings (SSSR count). The van der Waals surface area contributed by atoms with E-state index < -0.39 is 0 Å². The first-order chi connectivity index (χ1) is 11.2. The molecule has 0 aliphatic carbocycles. The number of carbonyl (C=O) groups excluding carboxylic acids is 1. The summed E-state index contributed by atoms with van der Waals surface area (Å²) in [7, 11) is 0. The number of aromatic nitrogens is 2. The number of nitrogens with one attached hydrogen (secondary N) is 2. The van der Waals surface area contributed by atoms with E-state index in [1.54, 1.807) is 6.33 Å². The van der Waals surface area contributed by atoms with E-state index in [-0.39, 0.29) is 0 Å². The summed E-state index contributed by atoms with van der Waals surface area (Å²) in [4.78, 5) is 21.1. The first-order valence-corrected chi connectivity index (χ1v) is 7.84. The third-order valence-corrected chi connectivity index (χ3v) is 3.99. The second-order valence-electron chi connectivity index (χ2n) is 5.84. The predicted molar refractivity (Wildman–Crippen MR) is 90.8 cm³/mol. The Bertz CT molecular complexity index is 668.